The first kappa shape index (κ1) is 14.5. The van der Waals surface area contributed by atoms with Gasteiger partial charge >= 0.3 is 0 Å². The van der Waals surface area contributed by atoms with Crippen molar-refractivity contribution < 1.29 is 5.11 Å². The van der Waals surface area contributed by atoms with Gasteiger partial charge in [-0.1, -0.05) is 13.8 Å². The first-order valence-corrected chi connectivity index (χ1v) is 6.98. The van der Waals surface area contributed by atoms with E-state index in [1.807, 2.05) is 13.8 Å². The Bertz CT molecular complexity index is 555. The Morgan fingerprint density at radius 3 is 2.85 bits per heavy atom. The number of aromatic nitrogens is 4. The van der Waals surface area contributed by atoms with Crippen LogP contribution in [0.3, 0.4) is 0 Å². The molecule has 2 aromatic rings. The molecule has 2 heterocycles. The lowest BCUT2D eigenvalue weighted by atomic mass is 10.1. The van der Waals surface area contributed by atoms with Gasteiger partial charge in [0.2, 0.25) is 5.95 Å². The van der Waals surface area contributed by atoms with Gasteiger partial charge in [-0.05, 0) is 19.3 Å². The van der Waals surface area contributed by atoms with Crippen molar-refractivity contribution in [2.75, 3.05) is 23.8 Å². The average molecular weight is 278 g/mol. The maximum absolute atomic E-state index is 9.22. The summed E-state index contributed by atoms with van der Waals surface area (Å²) in [5.41, 5.74) is 1.41. The lowest BCUT2D eigenvalue weighted by Crippen LogP contribution is -2.27. The molecule has 0 saturated carbocycles. The quantitative estimate of drug-likeness (QED) is 0.614. The number of nitrogens with one attached hydrogen (secondary N) is 3. The van der Waals surface area contributed by atoms with E-state index in [4.69, 9.17) is 0 Å². The third-order valence-corrected chi connectivity index (χ3v) is 3.32. The molecule has 0 spiro atoms. The second kappa shape index (κ2) is 6.51. The van der Waals surface area contributed by atoms with Gasteiger partial charge in [0.05, 0.1) is 6.33 Å². The minimum Gasteiger partial charge on any atom is -0.396 e. The number of H-pyrrole nitrogens is 1. The molecule has 0 aliphatic heterocycles. The highest BCUT2D eigenvalue weighted by atomic mass is 16.3. The molecule has 0 saturated heterocycles. The van der Waals surface area contributed by atoms with Gasteiger partial charge in [0.1, 0.15) is 5.52 Å². The summed E-state index contributed by atoms with van der Waals surface area (Å²) in [4.78, 5) is 16.1. The second-order valence-corrected chi connectivity index (χ2v) is 5.02. The number of aromatic amines is 1. The largest absolute Gasteiger partial charge is 0.396 e. The fraction of sp³-hybridized carbons (Fsp3) is 0.615. The summed E-state index contributed by atoms with van der Waals surface area (Å²) in [5, 5.41) is 15.7. The highest BCUT2D eigenvalue weighted by Gasteiger charge is 2.15. The van der Waals surface area contributed by atoms with Gasteiger partial charge in [-0.25, -0.2) is 4.98 Å². The smallest absolute Gasteiger partial charge is 0.226 e. The third kappa shape index (κ3) is 3.16. The van der Waals surface area contributed by atoms with Gasteiger partial charge in [0.25, 0.3) is 0 Å². The van der Waals surface area contributed by atoms with Crippen molar-refractivity contribution in [3.8, 4) is 0 Å². The maximum Gasteiger partial charge on any atom is 0.226 e. The van der Waals surface area contributed by atoms with Crippen LogP contribution in [0.15, 0.2) is 6.33 Å². The Kier molecular flexibility index (Phi) is 4.73. The molecule has 0 fully saturated rings. The molecule has 0 radical (unpaired) electrons. The number of fused-ring (bicyclic) bond motifs is 1. The van der Waals surface area contributed by atoms with Crippen molar-refractivity contribution >= 4 is 22.9 Å². The van der Waals surface area contributed by atoms with E-state index in [0.717, 1.165) is 18.5 Å². The summed E-state index contributed by atoms with van der Waals surface area (Å²) in [6, 6.07) is 0.0976. The fourth-order valence-electron chi connectivity index (χ4n) is 1.77. The van der Waals surface area contributed by atoms with Gasteiger partial charge in [0, 0.05) is 19.2 Å². The molecule has 110 valence electrons. The summed E-state index contributed by atoms with van der Waals surface area (Å²) < 4.78 is 0. The normalized spacial score (nSPS) is 14.2. The Morgan fingerprint density at radius 2 is 2.15 bits per heavy atom. The van der Waals surface area contributed by atoms with Crippen molar-refractivity contribution in [1.29, 1.82) is 0 Å². The highest BCUT2D eigenvalue weighted by molar-refractivity contribution is 5.83. The molecule has 2 aromatic heterocycles. The van der Waals surface area contributed by atoms with Crippen molar-refractivity contribution in [2.24, 2.45) is 5.92 Å². The Balaban J connectivity index is 2.27. The van der Waals surface area contributed by atoms with Crippen LogP contribution in [-0.4, -0.2) is 44.2 Å². The van der Waals surface area contributed by atoms with Crippen LogP contribution in [0.25, 0.3) is 11.2 Å². The molecule has 2 unspecified atom stereocenters. The minimum atomic E-state index is 0.0976. The van der Waals surface area contributed by atoms with Crippen molar-refractivity contribution in [1.82, 2.24) is 19.9 Å². The van der Waals surface area contributed by atoms with E-state index in [-0.39, 0.29) is 18.6 Å². The van der Waals surface area contributed by atoms with Crippen LogP contribution in [0, 0.1) is 5.92 Å². The van der Waals surface area contributed by atoms with Gasteiger partial charge in [-0.2, -0.15) is 9.97 Å². The SMILES string of the molecule is CCCNc1nc(NC(C)C(C)CO)c2[nH]cnc2n1. The van der Waals surface area contributed by atoms with Crippen LogP contribution < -0.4 is 10.6 Å². The molecule has 7 heteroatoms. The van der Waals surface area contributed by atoms with E-state index in [0.29, 0.717) is 17.4 Å². The molecule has 7 nitrogen and oxygen atoms in total. The Hall–Kier alpha value is -1.89. The van der Waals surface area contributed by atoms with E-state index < -0.39 is 0 Å². The Labute approximate surface area is 118 Å². The molecule has 0 aromatic carbocycles. The maximum atomic E-state index is 9.22. The number of hydrogen-bond acceptors (Lipinski definition) is 6. The standard InChI is InChI=1S/C13H22N6O/c1-4-5-14-13-18-11-10(15-7-16-11)12(19-13)17-9(3)8(2)6-20/h7-9,20H,4-6H2,1-3H3,(H3,14,15,16,17,18,19). The van der Waals surface area contributed by atoms with E-state index in [1.54, 1.807) is 6.33 Å². The summed E-state index contributed by atoms with van der Waals surface area (Å²) in [6.07, 6.45) is 2.61. The molecule has 0 aliphatic rings. The number of imidazole rings is 1. The van der Waals surface area contributed by atoms with E-state index in [1.165, 1.54) is 0 Å². The second-order valence-electron chi connectivity index (χ2n) is 5.02. The van der Waals surface area contributed by atoms with E-state index in [9.17, 15) is 5.11 Å². The number of aliphatic hydroxyl groups is 1. The van der Waals surface area contributed by atoms with Crippen LogP contribution in [0.1, 0.15) is 27.2 Å². The van der Waals surface area contributed by atoms with Crippen LogP contribution in [0.2, 0.25) is 0 Å². The summed E-state index contributed by atoms with van der Waals surface area (Å²) >= 11 is 0. The zero-order valence-electron chi connectivity index (χ0n) is 12.1. The van der Waals surface area contributed by atoms with Crippen molar-refractivity contribution in [2.45, 2.75) is 33.2 Å². The number of nitrogens with zero attached hydrogens (tertiary/aromatic N) is 3. The monoisotopic (exact) mass is 278 g/mol. The van der Waals surface area contributed by atoms with Crippen molar-refractivity contribution in [3.63, 3.8) is 0 Å². The first-order chi connectivity index (χ1) is 9.65. The summed E-state index contributed by atoms with van der Waals surface area (Å²) in [6.45, 7) is 7.04. The molecule has 2 atom stereocenters. The van der Waals surface area contributed by atoms with Crippen LogP contribution in [-0.2, 0) is 0 Å². The number of anilines is 2. The van der Waals surface area contributed by atoms with Crippen LogP contribution in [0.5, 0.6) is 0 Å². The van der Waals surface area contributed by atoms with Gasteiger partial charge in [-0.3, -0.25) is 0 Å². The number of hydrogen-bond donors (Lipinski definition) is 4. The summed E-state index contributed by atoms with van der Waals surface area (Å²) in [5.74, 6) is 1.41. The van der Waals surface area contributed by atoms with Crippen molar-refractivity contribution in [3.05, 3.63) is 6.33 Å². The zero-order chi connectivity index (χ0) is 14.5. The molecular formula is C13H22N6O. The topological polar surface area (TPSA) is 98.8 Å². The minimum absolute atomic E-state index is 0.0976. The molecule has 20 heavy (non-hydrogen) atoms. The predicted molar refractivity (Wildman–Crippen MR) is 79.8 cm³/mol. The molecule has 0 bridgehead atoms. The zero-order valence-corrected chi connectivity index (χ0v) is 12.1. The van der Waals surface area contributed by atoms with Gasteiger partial charge in [0.15, 0.2) is 11.5 Å². The molecular weight excluding hydrogens is 256 g/mol. The number of rotatable bonds is 7. The van der Waals surface area contributed by atoms with Gasteiger partial charge in [-0.15, -0.1) is 0 Å². The number of aliphatic hydroxyl groups excluding tert-OH is 1. The summed E-state index contributed by atoms with van der Waals surface area (Å²) in [7, 11) is 0. The molecule has 0 aliphatic carbocycles. The molecule has 4 N–H and O–H groups in total. The fourth-order valence-corrected chi connectivity index (χ4v) is 1.77. The third-order valence-electron chi connectivity index (χ3n) is 3.32. The lowest BCUT2D eigenvalue weighted by molar-refractivity contribution is 0.226. The Morgan fingerprint density at radius 1 is 1.35 bits per heavy atom. The lowest BCUT2D eigenvalue weighted by Gasteiger charge is -2.20. The van der Waals surface area contributed by atoms with Crippen LogP contribution in [0.4, 0.5) is 11.8 Å². The molecule has 2 rings (SSSR count). The highest BCUT2D eigenvalue weighted by Crippen LogP contribution is 2.20. The van der Waals surface area contributed by atoms with E-state index >= 15 is 0 Å². The predicted octanol–water partition coefficient (Wildman–Crippen LogP) is 1.60. The first-order valence-electron chi connectivity index (χ1n) is 6.98. The van der Waals surface area contributed by atoms with E-state index in [2.05, 4.69) is 37.5 Å². The van der Waals surface area contributed by atoms with Gasteiger partial charge < -0.3 is 20.7 Å². The van der Waals surface area contributed by atoms with Crippen LogP contribution >= 0.6 is 0 Å². The average Bonchev–Trinajstić information content (AvgIpc) is 2.92. The molecule has 0 amide bonds.